The van der Waals surface area contributed by atoms with Crippen molar-refractivity contribution >= 4 is 0 Å². The number of nitrogens with one attached hydrogen (secondary N) is 1. The second-order valence-electron chi connectivity index (χ2n) is 4.65. The third kappa shape index (κ3) is 2.93. The molecule has 1 fully saturated rings. The van der Waals surface area contributed by atoms with E-state index in [1.165, 1.54) is 0 Å². The quantitative estimate of drug-likeness (QED) is 0.687. The lowest BCUT2D eigenvalue weighted by molar-refractivity contribution is -0.0476. The van der Waals surface area contributed by atoms with Gasteiger partial charge in [-0.1, -0.05) is 0 Å². The molecule has 1 heterocycles. The molecule has 78 valence electrons. The monoisotopic (exact) mass is 186 g/mol. The molecule has 1 aliphatic heterocycles. The second-order valence-corrected chi connectivity index (χ2v) is 4.65. The van der Waals surface area contributed by atoms with E-state index in [2.05, 4.69) is 31.0 Å². The molecule has 0 saturated carbocycles. The number of likely N-dealkylation sites (N-methyl/N-ethyl adjacent to an activating group) is 1. The summed E-state index contributed by atoms with van der Waals surface area (Å²) in [5.74, 6) is 0. The Kier molecular flexibility index (Phi) is 3.71. The predicted octanol–water partition coefficient (Wildman–Crippen LogP) is 0.705. The van der Waals surface area contributed by atoms with Crippen molar-refractivity contribution in [2.24, 2.45) is 0 Å². The van der Waals surface area contributed by atoms with E-state index in [1.54, 1.807) is 0 Å². The second kappa shape index (κ2) is 4.40. The standard InChI is InChI=1S/C10H22N2O/c1-10(2,3)12-5-6-13-8-9(12)7-11-4/h9,11H,5-8H2,1-4H3. The molecule has 1 rings (SSSR count). The molecule has 3 heteroatoms. The Morgan fingerprint density at radius 1 is 1.46 bits per heavy atom. The summed E-state index contributed by atoms with van der Waals surface area (Å²) in [5.41, 5.74) is 0.255. The molecule has 0 aliphatic carbocycles. The minimum absolute atomic E-state index is 0.255. The van der Waals surface area contributed by atoms with Crippen LogP contribution >= 0.6 is 0 Å². The summed E-state index contributed by atoms with van der Waals surface area (Å²) >= 11 is 0. The Morgan fingerprint density at radius 3 is 2.69 bits per heavy atom. The summed E-state index contributed by atoms with van der Waals surface area (Å²) in [6, 6.07) is 0.527. The third-order valence-corrected chi connectivity index (χ3v) is 2.53. The Labute approximate surface area is 81.4 Å². The Morgan fingerprint density at radius 2 is 2.15 bits per heavy atom. The van der Waals surface area contributed by atoms with Gasteiger partial charge in [-0.25, -0.2) is 0 Å². The van der Waals surface area contributed by atoms with Crippen LogP contribution in [0.25, 0.3) is 0 Å². The lowest BCUT2D eigenvalue weighted by Gasteiger charge is -2.44. The van der Waals surface area contributed by atoms with Crippen molar-refractivity contribution in [3.05, 3.63) is 0 Å². The number of nitrogens with zero attached hydrogens (tertiary/aromatic N) is 1. The van der Waals surface area contributed by atoms with Crippen LogP contribution < -0.4 is 5.32 Å². The van der Waals surface area contributed by atoms with Crippen molar-refractivity contribution < 1.29 is 4.74 Å². The molecule has 1 saturated heterocycles. The van der Waals surface area contributed by atoms with Crippen molar-refractivity contribution in [1.29, 1.82) is 0 Å². The highest BCUT2D eigenvalue weighted by Crippen LogP contribution is 2.19. The molecule has 3 nitrogen and oxygen atoms in total. The summed E-state index contributed by atoms with van der Waals surface area (Å²) in [7, 11) is 2.00. The summed E-state index contributed by atoms with van der Waals surface area (Å²) in [5, 5.41) is 3.22. The van der Waals surface area contributed by atoms with Gasteiger partial charge in [-0.15, -0.1) is 0 Å². The highest BCUT2D eigenvalue weighted by atomic mass is 16.5. The van der Waals surface area contributed by atoms with Crippen LogP contribution in [0.2, 0.25) is 0 Å². The van der Waals surface area contributed by atoms with Crippen LogP contribution in [0.1, 0.15) is 20.8 Å². The molecule has 0 spiro atoms. The lowest BCUT2D eigenvalue weighted by atomic mass is 10.0. The molecule has 1 unspecified atom stereocenters. The van der Waals surface area contributed by atoms with Gasteiger partial charge in [0.05, 0.1) is 13.2 Å². The van der Waals surface area contributed by atoms with Crippen molar-refractivity contribution in [3.8, 4) is 0 Å². The fourth-order valence-electron chi connectivity index (χ4n) is 1.94. The van der Waals surface area contributed by atoms with Gasteiger partial charge < -0.3 is 10.1 Å². The average Bonchev–Trinajstić information content (AvgIpc) is 2.04. The van der Waals surface area contributed by atoms with Crippen molar-refractivity contribution in [1.82, 2.24) is 10.2 Å². The summed E-state index contributed by atoms with van der Waals surface area (Å²) in [4.78, 5) is 2.52. The fraction of sp³-hybridized carbons (Fsp3) is 1.00. The third-order valence-electron chi connectivity index (χ3n) is 2.53. The number of morpholine rings is 1. The van der Waals surface area contributed by atoms with Gasteiger partial charge in [-0.2, -0.15) is 0 Å². The first kappa shape index (κ1) is 11.0. The van der Waals surface area contributed by atoms with Crippen LogP contribution in [0.4, 0.5) is 0 Å². The SMILES string of the molecule is CNCC1COCCN1C(C)(C)C. The molecule has 0 bridgehead atoms. The van der Waals surface area contributed by atoms with Gasteiger partial charge in [0, 0.05) is 24.7 Å². The van der Waals surface area contributed by atoms with Gasteiger partial charge in [0.15, 0.2) is 0 Å². The van der Waals surface area contributed by atoms with Gasteiger partial charge in [0.25, 0.3) is 0 Å². The van der Waals surface area contributed by atoms with Crippen LogP contribution in [0.3, 0.4) is 0 Å². The van der Waals surface area contributed by atoms with Gasteiger partial charge in [0.1, 0.15) is 0 Å². The molecular formula is C10H22N2O. The first-order chi connectivity index (χ1) is 6.05. The van der Waals surface area contributed by atoms with Crippen LogP contribution in [-0.4, -0.2) is 49.8 Å². The topological polar surface area (TPSA) is 24.5 Å². The fourth-order valence-corrected chi connectivity index (χ4v) is 1.94. The Balaban J connectivity index is 2.56. The minimum atomic E-state index is 0.255. The minimum Gasteiger partial charge on any atom is -0.378 e. The zero-order chi connectivity index (χ0) is 9.90. The van der Waals surface area contributed by atoms with E-state index in [-0.39, 0.29) is 5.54 Å². The molecule has 0 aromatic rings. The van der Waals surface area contributed by atoms with Crippen molar-refractivity contribution in [3.63, 3.8) is 0 Å². The van der Waals surface area contributed by atoms with E-state index in [0.29, 0.717) is 6.04 Å². The maximum Gasteiger partial charge on any atom is 0.0635 e. The first-order valence-electron chi connectivity index (χ1n) is 5.05. The summed E-state index contributed by atoms with van der Waals surface area (Å²) in [6.45, 7) is 10.6. The smallest absolute Gasteiger partial charge is 0.0635 e. The lowest BCUT2D eigenvalue weighted by Crippen LogP contribution is -2.57. The van der Waals surface area contributed by atoms with Crippen LogP contribution in [0.5, 0.6) is 0 Å². The number of rotatable bonds is 2. The maximum absolute atomic E-state index is 5.48. The Bertz CT molecular complexity index is 151. The molecule has 0 amide bonds. The van der Waals surface area contributed by atoms with E-state index in [9.17, 15) is 0 Å². The largest absolute Gasteiger partial charge is 0.378 e. The zero-order valence-electron chi connectivity index (χ0n) is 9.26. The molecule has 13 heavy (non-hydrogen) atoms. The molecule has 0 aromatic carbocycles. The number of hydrogen-bond acceptors (Lipinski definition) is 3. The van der Waals surface area contributed by atoms with Crippen molar-refractivity contribution in [2.75, 3.05) is 33.4 Å². The maximum atomic E-state index is 5.48. The van der Waals surface area contributed by atoms with E-state index >= 15 is 0 Å². The molecule has 0 radical (unpaired) electrons. The number of hydrogen-bond donors (Lipinski definition) is 1. The Hall–Kier alpha value is -0.120. The average molecular weight is 186 g/mol. The summed E-state index contributed by atoms with van der Waals surface area (Å²) in [6.07, 6.45) is 0. The highest BCUT2D eigenvalue weighted by Gasteiger charge is 2.30. The molecule has 1 N–H and O–H groups in total. The van der Waals surface area contributed by atoms with Gasteiger partial charge in [-0.05, 0) is 27.8 Å². The summed E-state index contributed by atoms with van der Waals surface area (Å²) < 4.78 is 5.48. The zero-order valence-corrected chi connectivity index (χ0v) is 9.26. The molecular weight excluding hydrogens is 164 g/mol. The molecule has 0 aromatic heterocycles. The van der Waals surface area contributed by atoms with Crippen LogP contribution in [0, 0.1) is 0 Å². The molecule has 1 aliphatic rings. The van der Waals surface area contributed by atoms with E-state index in [4.69, 9.17) is 4.74 Å². The van der Waals surface area contributed by atoms with E-state index in [0.717, 1.165) is 26.3 Å². The highest BCUT2D eigenvalue weighted by molar-refractivity contribution is 4.86. The number of ether oxygens (including phenoxy) is 1. The van der Waals surface area contributed by atoms with Crippen LogP contribution in [-0.2, 0) is 4.74 Å². The van der Waals surface area contributed by atoms with Gasteiger partial charge in [-0.3, -0.25) is 4.90 Å². The van der Waals surface area contributed by atoms with E-state index < -0.39 is 0 Å². The first-order valence-corrected chi connectivity index (χ1v) is 5.05. The predicted molar refractivity (Wildman–Crippen MR) is 55.0 cm³/mol. The van der Waals surface area contributed by atoms with Gasteiger partial charge in [0.2, 0.25) is 0 Å². The van der Waals surface area contributed by atoms with Gasteiger partial charge >= 0.3 is 0 Å². The normalized spacial score (nSPS) is 26.3. The van der Waals surface area contributed by atoms with E-state index in [1.807, 2.05) is 7.05 Å². The van der Waals surface area contributed by atoms with Crippen LogP contribution in [0.15, 0.2) is 0 Å². The van der Waals surface area contributed by atoms with Crippen molar-refractivity contribution in [2.45, 2.75) is 32.4 Å². The molecule has 1 atom stereocenters.